The van der Waals surface area contributed by atoms with Crippen LogP contribution in [-0.4, -0.2) is 20.5 Å². The summed E-state index contributed by atoms with van der Waals surface area (Å²) in [5.74, 6) is -0.397. The van der Waals surface area contributed by atoms with E-state index in [0.29, 0.717) is 5.75 Å². The Kier molecular flexibility index (Phi) is 6.50. The molecule has 0 saturated heterocycles. The fraction of sp³-hybridized carbons (Fsp3) is 0.130. The Morgan fingerprint density at radius 2 is 1.72 bits per heavy atom. The van der Waals surface area contributed by atoms with Crippen LogP contribution in [0.5, 0.6) is 5.75 Å². The van der Waals surface area contributed by atoms with Gasteiger partial charge in [0.05, 0.1) is 11.2 Å². The van der Waals surface area contributed by atoms with Crippen molar-refractivity contribution in [3.8, 4) is 5.75 Å². The van der Waals surface area contributed by atoms with Gasteiger partial charge in [-0.2, -0.15) is 0 Å². The molecule has 1 N–H and O–H groups in total. The van der Waals surface area contributed by atoms with Crippen LogP contribution in [-0.2, 0) is 22.9 Å². The molecular formula is C23H18Cl2N2O4S. The monoisotopic (exact) mass is 488 g/mol. The van der Waals surface area contributed by atoms with E-state index >= 15 is 0 Å². The van der Waals surface area contributed by atoms with Crippen molar-refractivity contribution in [3.63, 3.8) is 0 Å². The lowest BCUT2D eigenvalue weighted by Gasteiger charge is -2.09. The predicted octanol–water partition coefficient (Wildman–Crippen LogP) is 5.01. The number of aryl methyl sites for hydroxylation is 2. The molecule has 0 radical (unpaired) electrons. The molecule has 0 fully saturated rings. The fourth-order valence-electron chi connectivity index (χ4n) is 3.42. The molecule has 0 atom stereocenters. The highest BCUT2D eigenvalue weighted by atomic mass is 35.5. The van der Waals surface area contributed by atoms with E-state index in [1.807, 2.05) is 10.8 Å². The van der Waals surface area contributed by atoms with Crippen LogP contribution in [0.4, 0.5) is 0 Å². The second-order valence-electron chi connectivity index (χ2n) is 7.24. The molecule has 0 aliphatic heterocycles. The van der Waals surface area contributed by atoms with Crippen LogP contribution in [0.2, 0.25) is 10.0 Å². The molecule has 9 heteroatoms. The van der Waals surface area contributed by atoms with E-state index in [9.17, 15) is 13.2 Å². The minimum atomic E-state index is -4.16. The molecule has 4 rings (SSSR count). The molecule has 0 saturated carbocycles. The van der Waals surface area contributed by atoms with Gasteiger partial charge in [-0.1, -0.05) is 40.5 Å². The van der Waals surface area contributed by atoms with Crippen molar-refractivity contribution in [1.29, 1.82) is 0 Å². The van der Waals surface area contributed by atoms with Gasteiger partial charge in [0.15, 0.2) is 5.75 Å². The normalized spacial score (nSPS) is 13.2. The minimum absolute atomic E-state index is 0.0808. The zero-order chi connectivity index (χ0) is 22.7. The molecule has 3 aromatic rings. The highest BCUT2D eigenvalue weighted by Crippen LogP contribution is 2.25. The van der Waals surface area contributed by atoms with Crippen molar-refractivity contribution >= 4 is 45.3 Å². The highest BCUT2D eigenvalue weighted by molar-refractivity contribution is 7.90. The van der Waals surface area contributed by atoms with Crippen LogP contribution in [0.3, 0.4) is 0 Å². The third-order valence-electron chi connectivity index (χ3n) is 5.01. The zero-order valence-electron chi connectivity index (χ0n) is 16.7. The number of nitrogens with zero attached hydrogens (tertiary/aromatic N) is 1. The molecule has 6 nitrogen and oxygen atoms in total. The number of carbonyl (C=O) groups excluding carboxylic acids is 1. The Morgan fingerprint density at radius 1 is 0.969 bits per heavy atom. The first-order valence-electron chi connectivity index (χ1n) is 9.76. The lowest BCUT2D eigenvalue weighted by atomic mass is 10.1. The number of nitrogens with one attached hydrogen (secondary N) is 1. The number of sulfonamides is 1. The number of carbonyl (C=O) groups is 1. The summed E-state index contributed by atoms with van der Waals surface area (Å²) < 4.78 is 26.9. The van der Waals surface area contributed by atoms with Crippen LogP contribution in [0.15, 0.2) is 70.7 Å². The largest absolute Gasteiger partial charge is 0.357 e. The molecule has 1 aliphatic rings. The summed E-state index contributed by atoms with van der Waals surface area (Å²) in [6.07, 6.45) is 5.01. The molecule has 164 valence electrons. The van der Waals surface area contributed by atoms with Gasteiger partial charge in [-0.3, -0.25) is 4.79 Å². The van der Waals surface area contributed by atoms with E-state index in [1.165, 1.54) is 60.0 Å². The average molecular weight is 489 g/mol. The SMILES string of the molecule is O=C(NS(=O)(=O)c1ccc(Cl)cc1Cl)c1ccc(O/N=C/c2ccc3c(c2)CCC3)cc1. The number of rotatable bonds is 6. The van der Waals surface area contributed by atoms with E-state index in [-0.39, 0.29) is 20.5 Å². The third-order valence-corrected chi connectivity index (χ3v) is 7.06. The molecule has 0 spiro atoms. The topological polar surface area (TPSA) is 84.8 Å². The van der Waals surface area contributed by atoms with Crippen LogP contribution in [0, 0.1) is 0 Å². The molecule has 0 heterocycles. The van der Waals surface area contributed by atoms with E-state index in [2.05, 4.69) is 17.3 Å². The third kappa shape index (κ3) is 5.12. The van der Waals surface area contributed by atoms with Crippen molar-refractivity contribution in [1.82, 2.24) is 4.72 Å². The molecular weight excluding hydrogens is 471 g/mol. The van der Waals surface area contributed by atoms with Crippen LogP contribution in [0.1, 0.15) is 33.5 Å². The van der Waals surface area contributed by atoms with Crippen molar-refractivity contribution in [2.45, 2.75) is 24.2 Å². The minimum Gasteiger partial charge on any atom is -0.357 e. The van der Waals surface area contributed by atoms with Gasteiger partial charge in [-0.25, -0.2) is 13.1 Å². The maximum absolute atomic E-state index is 12.5. The smallest absolute Gasteiger partial charge is 0.265 e. The first-order valence-corrected chi connectivity index (χ1v) is 12.0. The van der Waals surface area contributed by atoms with Crippen LogP contribution in [0.25, 0.3) is 0 Å². The summed E-state index contributed by atoms with van der Waals surface area (Å²) in [4.78, 5) is 17.5. The Hall–Kier alpha value is -2.87. The van der Waals surface area contributed by atoms with Crippen molar-refractivity contribution in [2.75, 3.05) is 0 Å². The van der Waals surface area contributed by atoms with Gasteiger partial charge in [0, 0.05) is 10.6 Å². The summed E-state index contributed by atoms with van der Waals surface area (Å²) >= 11 is 11.7. The lowest BCUT2D eigenvalue weighted by Crippen LogP contribution is -2.30. The van der Waals surface area contributed by atoms with Crippen molar-refractivity contribution in [2.24, 2.45) is 5.16 Å². The molecule has 1 aliphatic carbocycles. The van der Waals surface area contributed by atoms with Gasteiger partial charge in [-0.15, -0.1) is 0 Å². The Bertz CT molecular complexity index is 1310. The predicted molar refractivity (Wildman–Crippen MR) is 124 cm³/mol. The van der Waals surface area contributed by atoms with Crippen molar-refractivity contribution in [3.05, 3.63) is 93.0 Å². The second kappa shape index (κ2) is 9.32. The number of hydrogen-bond donors (Lipinski definition) is 1. The summed E-state index contributed by atoms with van der Waals surface area (Å²) in [6.45, 7) is 0. The van der Waals surface area contributed by atoms with Gasteiger partial charge in [0.2, 0.25) is 0 Å². The molecule has 3 aromatic carbocycles. The highest BCUT2D eigenvalue weighted by Gasteiger charge is 2.21. The van der Waals surface area contributed by atoms with Crippen molar-refractivity contribution < 1.29 is 18.0 Å². The zero-order valence-corrected chi connectivity index (χ0v) is 19.0. The Labute approximate surface area is 195 Å². The van der Waals surface area contributed by atoms with Gasteiger partial charge in [-0.05, 0) is 84.5 Å². The summed E-state index contributed by atoms with van der Waals surface area (Å²) in [6, 6.07) is 16.0. The summed E-state index contributed by atoms with van der Waals surface area (Å²) in [5.41, 5.74) is 3.82. The quantitative estimate of drug-likeness (QED) is 0.390. The number of amides is 1. The first-order chi connectivity index (χ1) is 15.3. The fourth-order valence-corrected chi connectivity index (χ4v) is 5.16. The van der Waals surface area contributed by atoms with Gasteiger partial charge >= 0.3 is 0 Å². The number of oxime groups is 1. The molecule has 0 bridgehead atoms. The van der Waals surface area contributed by atoms with Crippen LogP contribution < -0.4 is 9.56 Å². The molecule has 0 unspecified atom stereocenters. The summed E-state index contributed by atoms with van der Waals surface area (Å²) in [7, 11) is -4.16. The van der Waals surface area contributed by atoms with E-state index in [0.717, 1.165) is 18.4 Å². The Morgan fingerprint density at radius 3 is 2.47 bits per heavy atom. The molecule has 0 aromatic heterocycles. The number of halogens is 2. The van der Waals surface area contributed by atoms with Crippen LogP contribution >= 0.6 is 23.2 Å². The maximum atomic E-state index is 12.5. The van der Waals surface area contributed by atoms with Gasteiger partial charge in [0.1, 0.15) is 4.90 Å². The van der Waals surface area contributed by atoms with Gasteiger partial charge < -0.3 is 4.84 Å². The Balaban J connectivity index is 1.39. The average Bonchev–Trinajstić information content (AvgIpc) is 3.21. The van der Waals surface area contributed by atoms with Gasteiger partial charge in [0.25, 0.3) is 15.9 Å². The summed E-state index contributed by atoms with van der Waals surface area (Å²) in [5, 5.41) is 4.19. The standard InChI is InChI=1S/C23H18Cl2N2O4S/c24-19-8-11-22(21(25)13-19)32(29,30)27-23(28)17-6-9-20(10-7-17)31-26-14-15-4-5-16-2-1-3-18(16)12-15/h4-14H,1-3H2,(H,27,28)/b26-14+. The second-order valence-corrected chi connectivity index (χ2v) is 9.74. The number of hydrogen-bond acceptors (Lipinski definition) is 5. The van der Waals surface area contributed by atoms with E-state index in [4.69, 9.17) is 28.0 Å². The maximum Gasteiger partial charge on any atom is 0.265 e. The molecule has 1 amide bonds. The lowest BCUT2D eigenvalue weighted by molar-refractivity contribution is 0.0981. The van der Waals surface area contributed by atoms with E-state index < -0.39 is 15.9 Å². The van der Waals surface area contributed by atoms with E-state index in [1.54, 1.807) is 6.21 Å². The molecule has 32 heavy (non-hydrogen) atoms. The number of benzene rings is 3. The first kappa shape index (κ1) is 22.3. The number of fused-ring (bicyclic) bond motifs is 1.